The summed E-state index contributed by atoms with van der Waals surface area (Å²) >= 11 is 0. The van der Waals surface area contributed by atoms with Crippen LogP contribution in [-0.4, -0.2) is 31.1 Å². The van der Waals surface area contributed by atoms with Gasteiger partial charge < -0.3 is 16.0 Å². The fourth-order valence-electron chi connectivity index (χ4n) is 1.91. The fraction of sp³-hybridized carbons (Fsp3) is 0.400. The van der Waals surface area contributed by atoms with Crippen molar-refractivity contribution in [3.8, 4) is 0 Å². The fourth-order valence-corrected chi connectivity index (χ4v) is 1.91. The standard InChI is InChI=1S/C10H14N4O2/c11-9-7-8(1-2-10(9)14(15)16)13-5-3-12-4-6-13/h1-2,7,12H,3-6,11H2/p+1. The molecule has 0 spiro atoms. The normalized spacial score (nSPS) is 16.1. The molecule has 2 rings (SSSR count). The van der Waals surface area contributed by atoms with Crippen LogP contribution < -0.4 is 16.0 Å². The Bertz CT molecular complexity index is 402. The SMILES string of the molecule is Nc1cc(N2CC[NH2+]CC2)ccc1[N+](=O)[O-]. The maximum absolute atomic E-state index is 10.6. The van der Waals surface area contributed by atoms with Gasteiger partial charge in [0.25, 0.3) is 5.69 Å². The molecular weight excluding hydrogens is 208 g/mol. The Morgan fingerprint density at radius 2 is 2.06 bits per heavy atom. The summed E-state index contributed by atoms with van der Waals surface area (Å²) in [5.41, 5.74) is 6.83. The van der Waals surface area contributed by atoms with Crippen LogP contribution in [0.2, 0.25) is 0 Å². The number of hydrogen-bond acceptors (Lipinski definition) is 4. The monoisotopic (exact) mass is 223 g/mol. The largest absolute Gasteiger partial charge is 0.393 e. The van der Waals surface area contributed by atoms with Crippen LogP contribution in [-0.2, 0) is 0 Å². The van der Waals surface area contributed by atoms with Crippen molar-refractivity contribution in [2.75, 3.05) is 36.8 Å². The predicted molar refractivity (Wildman–Crippen MR) is 61.4 cm³/mol. The van der Waals surface area contributed by atoms with Gasteiger partial charge in [0.15, 0.2) is 0 Å². The molecule has 0 bridgehead atoms. The van der Waals surface area contributed by atoms with Crippen molar-refractivity contribution in [1.29, 1.82) is 0 Å². The molecule has 16 heavy (non-hydrogen) atoms. The van der Waals surface area contributed by atoms with Crippen LogP contribution in [0.15, 0.2) is 18.2 Å². The Morgan fingerprint density at radius 1 is 1.38 bits per heavy atom. The molecule has 1 aliphatic heterocycles. The van der Waals surface area contributed by atoms with Gasteiger partial charge in [-0.2, -0.15) is 0 Å². The van der Waals surface area contributed by atoms with Gasteiger partial charge in [0.2, 0.25) is 0 Å². The van der Waals surface area contributed by atoms with E-state index in [2.05, 4.69) is 10.2 Å². The summed E-state index contributed by atoms with van der Waals surface area (Å²) in [6.07, 6.45) is 0. The van der Waals surface area contributed by atoms with Crippen LogP contribution in [0.1, 0.15) is 0 Å². The second-order valence-corrected chi connectivity index (χ2v) is 3.85. The number of nitro benzene ring substituents is 1. The molecule has 1 heterocycles. The summed E-state index contributed by atoms with van der Waals surface area (Å²) in [5, 5.41) is 12.9. The van der Waals surface area contributed by atoms with Gasteiger partial charge in [0, 0.05) is 11.8 Å². The van der Waals surface area contributed by atoms with E-state index in [0.29, 0.717) is 0 Å². The van der Waals surface area contributed by atoms with E-state index in [1.807, 2.05) is 0 Å². The third kappa shape index (κ3) is 2.06. The molecule has 6 nitrogen and oxygen atoms in total. The maximum atomic E-state index is 10.6. The lowest BCUT2D eigenvalue weighted by Crippen LogP contribution is -2.89. The molecule has 0 atom stereocenters. The maximum Gasteiger partial charge on any atom is 0.292 e. The van der Waals surface area contributed by atoms with Gasteiger partial charge in [-0.05, 0) is 12.1 Å². The zero-order valence-electron chi connectivity index (χ0n) is 8.93. The minimum atomic E-state index is -0.455. The third-order valence-electron chi connectivity index (χ3n) is 2.78. The van der Waals surface area contributed by atoms with Crippen molar-refractivity contribution in [2.24, 2.45) is 0 Å². The topological polar surface area (TPSA) is 89.0 Å². The Kier molecular flexibility index (Phi) is 2.91. The van der Waals surface area contributed by atoms with Crippen molar-refractivity contribution in [3.05, 3.63) is 28.3 Å². The highest BCUT2D eigenvalue weighted by Gasteiger charge is 2.16. The number of benzene rings is 1. The number of hydrogen-bond donors (Lipinski definition) is 2. The second-order valence-electron chi connectivity index (χ2n) is 3.85. The van der Waals surface area contributed by atoms with E-state index in [9.17, 15) is 10.1 Å². The quantitative estimate of drug-likeness (QED) is 0.404. The molecule has 1 saturated heterocycles. The first-order valence-electron chi connectivity index (χ1n) is 5.29. The van der Waals surface area contributed by atoms with Gasteiger partial charge in [0.05, 0.1) is 31.1 Å². The summed E-state index contributed by atoms with van der Waals surface area (Å²) in [7, 11) is 0. The lowest BCUT2D eigenvalue weighted by molar-refractivity contribution is -0.655. The van der Waals surface area contributed by atoms with Gasteiger partial charge in [-0.25, -0.2) is 0 Å². The smallest absolute Gasteiger partial charge is 0.292 e. The van der Waals surface area contributed by atoms with Gasteiger partial charge in [-0.3, -0.25) is 10.1 Å². The van der Waals surface area contributed by atoms with Crippen LogP contribution in [0.3, 0.4) is 0 Å². The van der Waals surface area contributed by atoms with E-state index in [1.165, 1.54) is 6.07 Å². The lowest BCUT2D eigenvalue weighted by atomic mass is 10.2. The average Bonchev–Trinajstić information content (AvgIpc) is 2.29. The Labute approximate surface area is 93.2 Å². The number of nitro groups is 1. The molecule has 4 N–H and O–H groups in total. The summed E-state index contributed by atoms with van der Waals surface area (Å²) in [5.74, 6) is 0. The van der Waals surface area contributed by atoms with Gasteiger partial charge >= 0.3 is 0 Å². The van der Waals surface area contributed by atoms with Crippen LogP contribution >= 0.6 is 0 Å². The molecule has 0 aliphatic carbocycles. The van der Waals surface area contributed by atoms with Gasteiger partial charge in [-0.1, -0.05) is 0 Å². The minimum absolute atomic E-state index is 0.0210. The highest BCUT2D eigenvalue weighted by Crippen LogP contribution is 2.26. The predicted octanol–water partition coefficient (Wildman–Crippen LogP) is -0.440. The Hall–Kier alpha value is -1.82. The third-order valence-corrected chi connectivity index (χ3v) is 2.78. The van der Waals surface area contributed by atoms with Crippen LogP contribution in [0.25, 0.3) is 0 Å². The number of quaternary nitrogens is 1. The summed E-state index contributed by atoms with van der Waals surface area (Å²) < 4.78 is 0. The zero-order chi connectivity index (χ0) is 11.5. The van der Waals surface area contributed by atoms with Crippen LogP contribution in [0.4, 0.5) is 17.1 Å². The van der Waals surface area contributed by atoms with Gasteiger partial charge in [-0.15, -0.1) is 0 Å². The molecule has 86 valence electrons. The van der Waals surface area contributed by atoms with E-state index in [4.69, 9.17) is 5.73 Å². The summed E-state index contributed by atoms with van der Waals surface area (Å²) in [6.45, 7) is 4.02. The van der Waals surface area contributed by atoms with Crippen molar-refractivity contribution >= 4 is 17.1 Å². The lowest BCUT2D eigenvalue weighted by Gasteiger charge is -2.27. The first-order valence-corrected chi connectivity index (χ1v) is 5.29. The Morgan fingerprint density at radius 3 is 2.62 bits per heavy atom. The molecule has 0 aromatic heterocycles. The second kappa shape index (κ2) is 4.36. The van der Waals surface area contributed by atoms with Crippen LogP contribution in [0, 0.1) is 10.1 Å². The zero-order valence-corrected chi connectivity index (χ0v) is 8.93. The van der Waals surface area contributed by atoms with Crippen LogP contribution in [0.5, 0.6) is 0 Å². The first-order chi connectivity index (χ1) is 7.68. The molecule has 6 heteroatoms. The van der Waals surface area contributed by atoms with E-state index in [0.717, 1.165) is 31.9 Å². The molecule has 0 amide bonds. The van der Waals surface area contributed by atoms with Crippen molar-refractivity contribution in [3.63, 3.8) is 0 Å². The molecular formula is C10H15N4O2+. The molecule has 0 saturated carbocycles. The number of anilines is 2. The van der Waals surface area contributed by atoms with E-state index in [1.54, 1.807) is 12.1 Å². The number of nitrogens with zero attached hydrogens (tertiary/aromatic N) is 2. The van der Waals surface area contributed by atoms with Crippen molar-refractivity contribution in [2.45, 2.75) is 0 Å². The Balaban J connectivity index is 2.23. The van der Waals surface area contributed by atoms with E-state index >= 15 is 0 Å². The summed E-state index contributed by atoms with van der Waals surface area (Å²) in [4.78, 5) is 12.4. The number of rotatable bonds is 2. The van der Waals surface area contributed by atoms with E-state index in [-0.39, 0.29) is 11.4 Å². The molecule has 0 radical (unpaired) electrons. The highest BCUT2D eigenvalue weighted by molar-refractivity contribution is 5.66. The number of nitrogen functional groups attached to an aromatic ring is 1. The molecule has 1 fully saturated rings. The minimum Gasteiger partial charge on any atom is -0.393 e. The first kappa shape index (κ1) is 10.7. The average molecular weight is 223 g/mol. The molecule has 1 aromatic rings. The van der Waals surface area contributed by atoms with Gasteiger partial charge in [0.1, 0.15) is 5.69 Å². The number of piperazine rings is 1. The van der Waals surface area contributed by atoms with E-state index < -0.39 is 4.92 Å². The highest BCUT2D eigenvalue weighted by atomic mass is 16.6. The molecule has 1 aliphatic rings. The summed E-state index contributed by atoms with van der Waals surface area (Å²) in [6, 6.07) is 4.92. The molecule has 1 aromatic carbocycles. The van der Waals surface area contributed by atoms with Crippen molar-refractivity contribution < 1.29 is 10.2 Å². The molecule has 0 unspecified atom stereocenters. The van der Waals surface area contributed by atoms with Crippen molar-refractivity contribution in [1.82, 2.24) is 0 Å². The number of nitrogens with two attached hydrogens (primary N) is 2.